The fraction of sp³-hybridized carbons (Fsp3) is 0.625. The van der Waals surface area contributed by atoms with Crippen LogP contribution in [0.3, 0.4) is 0 Å². The van der Waals surface area contributed by atoms with Gasteiger partial charge in [-0.1, -0.05) is 13.8 Å². The van der Waals surface area contributed by atoms with Crippen LogP contribution in [0, 0.1) is 0 Å². The van der Waals surface area contributed by atoms with E-state index in [4.69, 9.17) is 14.2 Å². The van der Waals surface area contributed by atoms with Crippen LogP contribution in [-0.4, -0.2) is 44.2 Å². The summed E-state index contributed by atoms with van der Waals surface area (Å²) in [5.41, 5.74) is 0. The summed E-state index contributed by atoms with van der Waals surface area (Å²) in [6.07, 6.45) is 1.80. The maximum absolute atomic E-state index is 10.1. The first kappa shape index (κ1) is 15.9. The summed E-state index contributed by atoms with van der Waals surface area (Å²) in [5, 5.41) is 10.1. The van der Waals surface area contributed by atoms with Gasteiger partial charge in [0.25, 0.3) is 0 Å². The molecule has 0 amide bonds. The van der Waals surface area contributed by atoms with Gasteiger partial charge in [-0.3, -0.25) is 0 Å². The molecule has 1 aliphatic heterocycles. The van der Waals surface area contributed by atoms with Crippen LogP contribution in [0.2, 0.25) is 0 Å². The minimum Gasteiger partial charge on any atom is -0.491 e. The van der Waals surface area contributed by atoms with E-state index in [2.05, 4.69) is 13.8 Å². The fourth-order valence-electron chi connectivity index (χ4n) is 2.59. The number of hydrogen-bond acceptors (Lipinski definition) is 4. The number of nitrogens with one attached hydrogen (secondary N) is 1. The smallest absolute Gasteiger partial charge is 0.231 e. The standard InChI is InChI=1S/C16H25NO4/c1-3-7-17(8-4-2)10-13(18)11-19-14-5-6-15-16(9-14)21-12-20-15/h5-6,9,13,18H,3-4,7-8,10-12H2,1-2H3/p+1/t13-/m1/s1. The van der Waals surface area contributed by atoms with Crippen LogP contribution < -0.4 is 19.1 Å². The van der Waals surface area contributed by atoms with Gasteiger partial charge in [-0.05, 0) is 25.0 Å². The van der Waals surface area contributed by atoms with E-state index < -0.39 is 6.10 Å². The molecule has 0 unspecified atom stereocenters. The quantitative estimate of drug-likeness (QED) is 0.710. The monoisotopic (exact) mass is 296 g/mol. The first-order chi connectivity index (χ1) is 10.2. The van der Waals surface area contributed by atoms with E-state index in [0.29, 0.717) is 18.1 Å². The highest BCUT2D eigenvalue weighted by molar-refractivity contribution is 5.46. The van der Waals surface area contributed by atoms with Gasteiger partial charge in [0.2, 0.25) is 6.79 Å². The molecule has 1 aliphatic rings. The van der Waals surface area contributed by atoms with Crippen LogP contribution in [0.5, 0.6) is 17.2 Å². The lowest BCUT2D eigenvalue weighted by Crippen LogP contribution is -3.13. The molecule has 5 nitrogen and oxygen atoms in total. The molecule has 0 bridgehead atoms. The van der Waals surface area contributed by atoms with Crippen LogP contribution in [0.1, 0.15) is 26.7 Å². The first-order valence-electron chi connectivity index (χ1n) is 7.77. The van der Waals surface area contributed by atoms with Gasteiger partial charge in [0.05, 0.1) is 13.1 Å². The third kappa shape index (κ3) is 4.79. The Balaban J connectivity index is 1.79. The summed E-state index contributed by atoms with van der Waals surface area (Å²) < 4.78 is 16.2. The van der Waals surface area contributed by atoms with Crippen molar-refractivity contribution in [2.75, 3.05) is 33.0 Å². The molecule has 118 valence electrons. The average molecular weight is 296 g/mol. The topological polar surface area (TPSA) is 52.4 Å². The molecule has 1 heterocycles. The summed E-state index contributed by atoms with van der Waals surface area (Å²) in [6, 6.07) is 5.47. The number of aliphatic hydroxyl groups excluding tert-OH is 1. The van der Waals surface area contributed by atoms with Gasteiger partial charge in [0, 0.05) is 6.07 Å². The molecule has 0 spiro atoms. The van der Waals surface area contributed by atoms with Crippen molar-refractivity contribution in [2.24, 2.45) is 0 Å². The van der Waals surface area contributed by atoms with Crippen LogP contribution in [0.4, 0.5) is 0 Å². The van der Waals surface area contributed by atoms with E-state index in [1.54, 1.807) is 6.07 Å². The molecule has 0 radical (unpaired) electrons. The maximum Gasteiger partial charge on any atom is 0.231 e. The summed E-state index contributed by atoms with van der Waals surface area (Å²) in [6.45, 7) is 7.82. The summed E-state index contributed by atoms with van der Waals surface area (Å²) in [4.78, 5) is 1.43. The molecule has 21 heavy (non-hydrogen) atoms. The SMILES string of the molecule is CCC[NH+](CCC)C[C@@H](O)COc1ccc2c(c1)OCO2. The molecule has 1 atom stereocenters. The summed E-state index contributed by atoms with van der Waals surface area (Å²) in [5.74, 6) is 2.14. The lowest BCUT2D eigenvalue weighted by Gasteiger charge is -2.21. The van der Waals surface area contributed by atoms with E-state index in [1.165, 1.54) is 4.90 Å². The molecule has 0 aromatic heterocycles. The Bertz CT molecular complexity index is 432. The molecule has 0 fully saturated rings. The molecule has 2 rings (SSSR count). The number of ether oxygens (including phenoxy) is 3. The summed E-state index contributed by atoms with van der Waals surface area (Å²) in [7, 11) is 0. The minimum atomic E-state index is -0.455. The van der Waals surface area contributed by atoms with Gasteiger partial charge in [-0.15, -0.1) is 0 Å². The van der Waals surface area contributed by atoms with E-state index in [0.717, 1.165) is 38.2 Å². The van der Waals surface area contributed by atoms with Crippen LogP contribution in [-0.2, 0) is 0 Å². The highest BCUT2D eigenvalue weighted by Crippen LogP contribution is 2.35. The van der Waals surface area contributed by atoms with Crippen LogP contribution >= 0.6 is 0 Å². The van der Waals surface area contributed by atoms with Crippen molar-refractivity contribution in [1.82, 2.24) is 0 Å². The first-order valence-corrected chi connectivity index (χ1v) is 7.77. The molecular formula is C16H26NO4+. The van der Waals surface area contributed by atoms with Gasteiger partial charge >= 0.3 is 0 Å². The average Bonchev–Trinajstić information content (AvgIpc) is 2.93. The van der Waals surface area contributed by atoms with Gasteiger partial charge in [-0.2, -0.15) is 0 Å². The number of benzene rings is 1. The number of aliphatic hydroxyl groups is 1. The van der Waals surface area contributed by atoms with Crippen molar-refractivity contribution in [3.63, 3.8) is 0 Å². The second-order valence-electron chi connectivity index (χ2n) is 5.43. The van der Waals surface area contributed by atoms with E-state index in [-0.39, 0.29) is 6.79 Å². The van der Waals surface area contributed by atoms with Crippen molar-refractivity contribution in [1.29, 1.82) is 0 Å². The molecule has 1 aromatic rings. The number of hydrogen-bond donors (Lipinski definition) is 2. The second kappa shape index (κ2) is 8.10. The lowest BCUT2D eigenvalue weighted by molar-refractivity contribution is -0.903. The Hall–Kier alpha value is -1.46. The molecule has 1 aromatic carbocycles. The third-order valence-corrected chi connectivity index (χ3v) is 3.52. The molecule has 0 saturated carbocycles. The number of fused-ring (bicyclic) bond motifs is 1. The Morgan fingerprint density at radius 3 is 2.62 bits per heavy atom. The van der Waals surface area contributed by atoms with Crippen LogP contribution in [0.15, 0.2) is 18.2 Å². The van der Waals surface area contributed by atoms with Crippen molar-refractivity contribution >= 4 is 0 Å². The summed E-state index contributed by atoms with van der Waals surface area (Å²) >= 11 is 0. The van der Waals surface area contributed by atoms with E-state index in [9.17, 15) is 5.11 Å². The van der Waals surface area contributed by atoms with Crippen molar-refractivity contribution in [2.45, 2.75) is 32.8 Å². The zero-order valence-corrected chi connectivity index (χ0v) is 12.9. The third-order valence-electron chi connectivity index (χ3n) is 3.52. The predicted molar refractivity (Wildman–Crippen MR) is 80.2 cm³/mol. The lowest BCUT2D eigenvalue weighted by atomic mass is 10.3. The van der Waals surface area contributed by atoms with Gasteiger partial charge < -0.3 is 24.2 Å². The van der Waals surface area contributed by atoms with Crippen molar-refractivity contribution in [3.8, 4) is 17.2 Å². The Labute approximate surface area is 126 Å². The number of quaternary nitrogens is 1. The van der Waals surface area contributed by atoms with Crippen LogP contribution in [0.25, 0.3) is 0 Å². The van der Waals surface area contributed by atoms with E-state index in [1.807, 2.05) is 12.1 Å². The molecule has 2 N–H and O–H groups in total. The Kier molecular flexibility index (Phi) is 6.14. The van der Waals surface area contributed by atoms with Gasteiger partial charge in [0.15, 0.2) is 11.5 Å². The predicted octanol–water partition coefficient (Wildman–Crippen LogP) is 0.860. The fourth-order valence-corrected chi connectivity index (χ4v) is 2.59. The van der Waals surface area contributed by atoms with Crippen molar-refractivity contribution < 1.29 is 24.2 Å². The molecule has 0 saturated heterocycles. The van der Waals surface area contributed by atoms with Crippen molar-refractivity contribution in [3.05, 3.63) is 18.2 Å². The molecular weight excluding hydrogens is 270 g/mol. The van der Waals surface area contributed by atoms with E-state index >= 15 is 0 Å². The Morgan fingerprint density at radius 1 is 1.19 bits per heavy atom. The normalized spacial score (nSPS) is 14.5. The highest BCUT2D eigenvalue weighted by Gasteiger charge is 2.16. The van der Waals surface area contributed by atoms with Gasteiger partial charge in [-0.25, -0.2) is 0 Å². The Morgan fingerprint density at radius 2 is 1.90 bits per heavy atom. The maximum atomic E-state index is 10.1. The van der Waals surface area contributed by atoms with Gasteiger partial charge in [0.1, 0.15) is 25.0 Å². The molecule has 0 aliphatic carbocycles. The molecule has 5 heteroatoms. The highest BCUT2D eigenvalue weighted by atomic mass is 16.7. The minimum absolute atomic E-state index is 0.258. The zero-order valence-electron chi connectivity index (χ0n) is 12.9. The second-order valence-corrected chi connectivity index (χ2v) is 5.43. The largest absolute Gasteiger partial charge is 0.491 e. The zero-order chi connectivity index (χ0) is 15.1. The number of rotatable bonds is 9.